The van der Waals surface area contributed by atoms with Crippen LogP contribution in [0.25, 0.3) is 0 Å². The third kappa shape index (κ3) is 4.41. The van der Waals surface area contributed by atoms with Crippen molar-refractivity contribution in [2.24, 2.45) is 29.6 Å². The summed E-state index contributed by atoms with van der Waals surface area (Å²) in [6, 6.07) is 13.5. The molecule has 11 heteroatoms. The molecule has 3 aliphatic heterocycles. The van der Waals surface area contributed by atoms with Gasteiger partial charge in [0, 0.05) is 29.1 Å². The summed E-state index contributed by atoms with van der Waals surface area (Å²) >= 11 is 2.87. The second kappa shape index (κ2) is 11.3. The van der Waals surface area contributed by atoms with Gasteiger partial charge in [-0.1, -0.05) is 35.1 Å². The van der Waals surface area contributed by atoms with E-state index in [1.54, 1.807) is 30.5 Å². The van der Waals surface area contributed by atoms with Crippen LogP contribution in [0.2, 0.25) is 0 Å². The topological polar surface area (TPSA) is 98.1 Å². The Hall–Kier alpha value is -3.57. The van der Waals surface area contributed by atoms with Crippen LogP contribution < -0.4 is 19.2 Å². The highest BCUT2D eigenvalue weighted by Gasteiger charge is 2.70. The molecule has 8 rings (SSSR count). The Balaban J connectivity index is 1.21. The van der Waals surface area contributed by atoms with E-state index in [4.69, 9.17) is 9.47 Å². The number of fused-ring (bicyclic) bond motifs is 9. The first kappa shape index (κ1) is 29.8. The molecule has 2 aliphatic carbocycles. The fraction of sp³-hybridized carbons (Fsp3) is 0.486. The lowest BCUT2D eigenvalue weighted by molar-refractivity contribution is -0.133. The van der Waals surface area contributed by atoms with Crippen molar-refractivity contribution in [3.05, 3.63) is 68.1 Å². The third-order valence-corrected chi connectivity index (χ3v) is 13.8. The molecule has 2 saturated heterocycles. The minimum atomic E-state index is -0.385. The molecule has 1 aromatic heterocycles. The standard InChI is InChI=1S/C35H37N3O6S2/c1-18-7-10-20(11-8-18)38-32(40)28-21-16-22(29(28)33(38)41)30-27(21)26(19-9-12-23(43-2)24(15-19)44-3)31-34(45-30)37(35(42)46-31)17-25(39)36-13-5-4-6-14-36/h7-12,15,21-22,26-30H,4-6,13-14,16-17H2,1-3H3. The van der Waals surface area contributed by atoms with Gasteiger partial charge in [-0.25, -0.2) is 0 Å². The first-order chi connectivity index (χ1) is 22.3. The number of carbonyl (C=O) groups is 3. The highest BCUT2D eigenvalue weighted by Crippen LogP contribution is 2.69. The number of piperidine rings is 1. The average Bonchev–Trinajstić information content (AvgIpc) is 3.80. The van der Waals surface area contributed by atoms with Gasteiger partial charge in [0.2, 0.25) is 17.7 Å². The van der Waals surface area contributed by atoms with Crippen molar-refractivity contribution in [3.63, 3.8) is 0 Å². The molecule has 240 valence electrons. The van der Waals surface area contributed by atoms with Gasteiger partial charge in [0.15, 0.2) is 11.5 Å². The lowest BCUT2D eigenvalue weighted by atomic mass is 9.68. The Labute approximate surface area is 275 Å². The number of methoxy groups -OCH3 is 2. The van der Waals surface area contributed by atoms with Crippen LogP contribution >= 0.6 is 23.1 Å². The van der Waals surface area contributed by atoms with Crippen LogP contribution in [0.4, 0.5) is 5.69 Å². The lowest BCUT2D eigenvalue weighted by Gasteiger charge is -2.43. The molecular weight excluding hydrogens is 623 g/mol. The van der Waals surface area contributed by atoms with Crippen molar-refractivity contribution < 1.29 is 23.9 Å². The number of likely N-dealkylation sites (tertiary alicyclic amines) is 1. The number of rotatable bonds is 6. The Morgan fingerprint density at radius 1 is 0.891 bits per heavy atom. The van der Waals surface area contributed by atoms with Crippen LogP contribution in [0.1, 0.15) is 47.6 Å². The highest BCUT2D eigenvalue weighted by molar-refractivity contribution is 8.00. The normalized spacial score (nSPS) is 29.5. The van der Waals surface area contributed by atoms with Gasteiger partial charge in [-0.3, -0.25) is 28.6 Å². The number of carbonyl (C=O) groups excluding carboxylic acids is 3. The SMILES string of the molecule is COc1ccc(C2c3sc(=O)n(CC(=O)N4CCCCC4)c3SC3C4CC(C5C(=O)N(c6ccc(C)cc6)C(=O)C45)C23)cc1OC. The summed E-state index contributed by atoms with van der Waals surface area (Å²) in [4.78, 5) is 59.4. The average molecular weight is 660 g/mol. The third-order valence-electron chi connectivity index (χ3n) is 11.0. The van der Waals surface area contributed by atoms with E-state index in [0.29, 0.717) is 17.2 Å². The molecule has 0 spiro atoms. The van der Waals surface area contributed by atoms with E-state index < -0.39 is 0 Å². The summed E-state index contributed by atoms with van der Waals surface area (Å²) in [6.07, 6.45) is 3.89. The summed E-state index contributed by atoms with van der Waals surface area (Å²) < 4.78 is 12.9. The second-order valence-electron chi connectivity index (χ2n) is 13.3. The Morgan fingerprint density at radius 3 is 2.28 bits per heavy atom. The molecule has 4 heterocycles. The maximum atomic E-state index is 14.1. The van der Waals surface area contributed by atoms with Gasteiger partial charge >= 0.3 is 4.87 Å². The zero-order valence-electron chi connectivity index (χ0n) is 26.1. The first-order valence-electron chi connectivity index (χ1n) is 16.1. The molecule has 9 nitrogen and oxygen atoms in total. The number of hydrogen-bond acceptors (Lipinski definition) is 8. The summed E-state index contributed by atoms with van der Waals surface area (Å²) in [5.74, 6) is 0.0562. The van der Waals surface area contributed by atoms with Gasteiger partial charge in [0.1, 0.15) is 6.54 Å². The number of amides is 3. The monoisotopic (exact) mass is 659 g/mol. The number of thioether (sulfide) groups is 1. The molecule has 2 bridgehead atoms. The number of hydrogen-bond donors (Lipinski definition) is 0. The quantitative estimate of drug-likeness (QED) is 0.347. The molecule has 7 atom stereocenters. The zero-order valence-corrected chi connectivity index (χ0v) is 27.8. The molecule has 3 amide bonds. The maximum Gasteiger partial charge on any atom is 0.308 e. The van der Waals surface area contributed by atoms with Crippen molar-refractivity contribution in [3.8, 4) is 11.5 Å². The van der Waals surface area contributed by atoms with Gasteiger partial charge in [0.25, 0.3) is 0 Å². The summed E-state index contributed by atoms with van der Waals surface area (Å²) in [5, 5.41) is 0.856. The summed E-state index contributed by atoms with van der Waals surface area (Å²) in [7, 11) is 3.21. The highest BCUT2D eigenvalue weighted by atomic mass is 32.2. The van der Waals surface area contributed by atoms with E-state index in [1.165, 1.54) is 16.2 Å². The van der Waals surface area contributed by atoms with Crippen LogP contribution in [-0.4, -0.2) is 59.7 Å². The fourth-order valence-electron chi connectivity index (χ4n) is 9.00. The van der Waals surface area contributed by atoms with E-state index in [0.717, 1.165) is 59.8 Å². The second-order valence-corrected chi connectivity index (χ2v) is 15.4. The fourth-order valence-corrected chi connectivity index (χ4v) is 12.1. The summed E-state index contributed by atoms with van der Waals surface area (Å²) in [6.45, 7) is 3.46. The Bertz CT molecular complexity index is 1790. The van der Waals surface area contributed by atoms with Crippen LogP contribution in [0.3, 0.4) is 0 Å². The van der Waals surface area contributed by atoms with Gasteiger partial charge < -0.3 is 14.4 Å². The summed E-state index contributed by atoms with van der Waals surface area (Å²) in [5.41, 5.74) is 2.69. The molecule has 46 heavy (non-hydrogen) atoms. The van der Waals surface area contributed by atoms with E-state index in [1.807, 2.05) is 54.3 Å². The molecule has 5 aliphatic rings. The molecule has 7 unspecified atom stereocenters. The number of thiazole rings is 1. The number of ether oxygens (including phenoxy) is 2. The predicted molar refractivity (Wildman–Crippen MR) is 176 cm³/mol. The van der Waals surface area contributed by atoms with E-state index in [9.17, 15) is 19.2 Å². The number of nitrogens with zero attached hydrogens (tertiary/aromatic N) is 3. The minimum Gasteiger partial charge on any atom is -0.493 e. The van der Waals surface area contributed by atoms with Gasteiger partial charge in [-0.15, -0.1) is 11.8 Å². The Kier molecular flexibility index (Phi) is 7.32. The van der Waals surface area contributed by atoms with Crippen molar-refractivity contribution in [1.82, 2.24) is 9.47 Å². The first-order valence-corrected chi connectivity index (χ1v) is 17.8. The van der Waals surface area contributed by atoms with Crippen LogP contribution in [0.5, 0.6) is 11.5 Å². The van der Waals surface area contributed by atoms with E-state index in [2.05, 4.69) is 0 Å². The van der Waals surface area contributed by atoms with E-state index >= 15 is 0 Å². The largest absolute Gasteiger partial charge is 0.493 e. The predicted octanol–water partition coefficient (Wildman–Crippen LogP) is 4.93. The molecule has 4 fully saturated rings. The van der Waals surface area contributed by atoms with E-state index in [-0.39, 0.29) is 69.9 Å². The van der Waals surface area contributed by atoms with Crippen molar-refractivity contribution in [1.29, 1.82) is 0 Å². The number of benzene rings is 2. The lowest BCUT2D eigenvalue weighted by Crippen LogP contribution is -2.43. The molecule has 0 N–H and O–H groups in total. The zero-order chi connectivity index (χ0) is 31.9. The molecular formula is C35H37N3O6S2. The molecule has 2 aromatic carbocycles. The van der Waals surface area contributed by atoms with Gasteiger partial charge in [-0.2, -0.15) is 0 Å². The Morgan fingerprint density at radius 2 is 1.59 bits per heavy atom. The minimum absolute atomic E-state index is 0.00561. The molecule has 2 saturated carbocycles. The number of aryl methyl sites for hydroxylation is 1. The van der Waals surface area contributed by atoms with Crippen LogP contribution in [-0.2, 0) is 20.9 Å². The van der Waals surface area contributed by atoms with Crippen LogP contribution in [0.15, 0.2) is 52.3 Å². The van der Waals surface area contributed by atoms with Crippen molar-refractivity contribution in [2.75, 3.05) is 32.2 Å². The van der Waals surface area contributed by atoms with Crippen molar-refractivity contribution >= 4 is 46.5 Å². The van der Waals surface area contributed by atoms with Crippen LogP contribution in [0, 0.1) is 36.5 Å². The molecule has 0 radical (unpaired) electrons. The maximum absolute atomic E-state index is 14.1. The van der Waals surface area contributed by atoms with Gasteiger partial charge in [-0.05, 0) is 80.2 Å². The molecule has 3 aromatic rings. The van der Waals surface area contributed by atoms with Gasteiger partial charge in [0.05, 0.1) is 36.8 Å². The number of imide groups is 1. The number of aromatic nitrogens is 1. The van der Waals surface area contributed by atoms with Crippen molar-refractivity contribution in [2.45, 2.75) is 55.3 Å². The smallest absolute Gasteiger partial charge is 0.308 e. The number of anilines is 1.